The van der Waals surface area contributed by atoms with Crippen LogP contribution < -0.4 is 10.2 Å². The summed E-state index contributed by atoms with van der Waals surface area (Å²) >= 11 is 0. The molecule has 1 aromatic heterocycles. The highest BCUT2D eigenvalue weighted by Gasteiger charge is 2.24. The fraction of sp³-hybridized carbons (Fsp3) is 0.467. The van der Waals surface area contributed by atoms with Gasteiger partial charge in [0.1, 0.15) is 5.82 Å². The number of piperazine rings is 1. The smallest absolute Gasteiger partial charge is 0.238 e. The summed E-state index contributed by atoms with van der Waals surface area (Å²) in [7, 11) is 4.24. The van der Waals surface area contributed by atoms with Crippen molar-refractivity contribution < 1.29 is 4.79 Å². The molecule has 0 aliphatic carbocycles. The number of hydrogen-bond acceptors (Lipinski definition) is 6. The molecule has 1 amide bonds. The summed E-state index contributed by atoms with van der Waals surface area (Å²) in [5.41, 5.74) is 4.37. The summed E-state index contributed by atoms with van der Waals surface area (Å²) in [6, 6.07) is 19.3. The van der Waals surface area contributed by atoms with Gasteiger partial charge in [-0.1, -0.05) is 30.3 Å². The number of aryl methyl sites for hydroxylation is 1. The van der Waals surface area contributed by atoms with Crippen molar-refractivity contribution in [1.82, 2.24) is 19.7 Å². The molecule has 0 radical (unpaired) electrons. The normalized spacial score (nSPS) is 18.0. The van der Waals surface area contributed by atoms with Crippen molar-refractivity contribution >= 4 is 28.3 Å². The van der Waals surface area contributed by atoms with Gasteiger partial charge in [-0.05, 0) is 82.3 Å². The number of rotatable bonds is 7. The number of hydrogen-bond donors (Lipinski definition) is 1. The van der Waals surface area contributed by atoms with Crippen molar-refractivity contribution in [2.75, 3.05) is 70.1 Å². The molecule has 2 saturated heterocycles. The molecule has 2 aliphatic heterocycles. The number of piperidine rings is 1. The zero-order chi connectivity index (χ0) is 25.8. The number of aromatic nitrogens is 1. The lowest BCUT2D eigenvalue weighted by Crippen LogP contribution is -2.45. The Kier molecular flexibility index (Phi) is 8.03. The van der Waals surface area contributed by atoms with Gasteiger partial charge in [-0.25, -0.2) is 4.98 Å². The highest BCUT2D eigenvalue weighted by molar-refractivity contribution is 5.95. The lowest BCUT2D eigenvalue weighted by Gasteiger charge is -2.36. The third-order valence-corrected chi connectivity index (χ3v) is 7.94. The summed E-state index contributed by atoms with van der Waals surface area (Å²) in [5, 5.41) is 4.21. The minimum Gasteiger partial charge on any atom is -0.354 e. The van der Waals surface area contributed by atoms with Gasteiger partial charge in [0, 0.05) is 49.8 Å². The molecule has 0 unspecified atom stereocenters. The van der Waals surface area contributed by atoms with E-state index in [0.717, 1.165) is 81.1 Å². The van der Waals surface area contributed by atoms with Crippen LogP contribution in [0.15, 0.2) is 54.6 Å². The molecule has 0 bridgehead atoms. The molecule has 37 heavy (non-hydrogen) atoms. The Morgan fingerprint density at radius 1 is 1.00 bits per heavy atom. The molecule has 1 N–H and O–H groups in total. The Labute approximate surface area is 221 Å². The molecule has 196 valence electrons. The van der Waals surface area contributed by atoms with Crippen LogP contribution in [0.2, 0.25) is 0 Å². The minimum absolute atomic E-state index is 0.0354. The van der Waals surface area contributed by atoms with Gasteiger partial charge in [-0.2, -0.15) is 0 Å². The first-order valence-corrected chi connectivity index (χ1v) is 13.6. The maximum atomic E-state index is 12.9. The first-order chi connectivity index (χ1) is 17.9. The van der Waals surface area contributed by atoms with E-state index in [1.807, 2.05) is 12.1 Å². The predicted octanol–water partition coefficient (Wildman–Crippen LogP) is 3.83. The second kappa shape index (κ2) is 11.6. The number of carbonyl (C=O) groups is 1. The monoisotopic (exact) mass is 500 g/mol. The highest BCUT2D eigenvalue weighted by atomic mass is 16.2. The number of benzene rings is 2. The van der Waals surface area contributed by atoms with Crippen LogP contribution in [-0.4, -0.2) is 91.5 Å². The van der Waals surface area contributed by atoms with Gasteiger partial charge >= 0.3 is 0 Å². The van der Waals surface area contributed by atoms with Gasteiger partial charge in [-0.15, -0.1) is 0 Å². The number of nitrogens with one attached hydrogen (secondary N) is 1. The topological polar surface area (TPSA) is 55.0 Å². The number of amides is 1. The summed E-state index contributed by atoms with van der Waals surface area (Å²) in [4.78, 5) is 27.3. The van der Waals surface area contributed by atoms with Gasteiger partial charge < -0.3 is 15.1 Å². The van der Waals surface area contributed by atoms with Crippen LogP contribution in [-0.2, 0) is 11.3 Å². The van der Waals surface area contributed by atoms with Crippen LogP contribution in [0.4, 0.5) is 11.5 Å². The second-order valence-electron chi connectivity index (χ2n) is 10.8. The molecule has 7 heteroatoms. The van der Waals surface area contributed by atoms with Crippen LogP contribution in [0.3, 0.4) is 0 Å². The molecule has 0 spiro atoms. The van der Waals surface area contributed by atoms with Crippen LogP contribution in [0.5, 0.6) is 0 Å². The van der Waals surface area contributed by atoms with E-state index in [1.54, 1.807) is 0 Å². The van der Waals surface area contributed by atoms with Crippen molar-refractivity contribution in [3.8, 4) is 0 Å². The van der Waals surface area contributed by atoms with Crippen molar-refractivity contribution in [2.24, 2.45) is 0 Å². The molecule has 3 heterocycles. The largest absolute Gasteiger partial charge is 0.354 e. The number of likely N-dealkylation sites (N-methyl/N-ethyl adjacent to an activating group) is 2. The SMILES string of the molecule is Cc1cc(N2CCN(C)CC2)nc2ccc(NC(=O)CN(C)C3CCN(Cc4ccccc4)CC3)cc12. The third-order valence-electron chi connectivity index (χ3n) is 7.94. The highest BCUT2D eigenvalue weighted by Crippen LogP contribution is 2.26. The van der Waals surface area contributed by atoms with E-state index in [2.05, 4.69) is 88.4 Å². The van der Waals surface area contributed by atoms with Gasteiger partial charge in [-0.3, -0.25) is 14.6 Å². The number of nitrogens with zero attached hydrogens (tertiary/aromatic N) is 5. The fourth-order valence-electron chi connectivity index (χ4n) is 5.57. The number of carbonyl (C=O) groups excluding carboxylic acids is 1. The summed E-state index contributed by atoms with van der Waals surface area (Å²) in [6.45, 7) is 9.80. The molecule has 2 aliphatic rings. The van der Waals surface area contributed by atoms with E-state index in [-0.39, 0.29) is 5.91 Å². The first kappa shape index (κ1) is 25.6. The molecule has 7 nitrogen and oxygen atoms in total. The molecule has 2 aromatic carbocycles. The van der Waals surface area contributed by atoms with Crippen molar-refractivity contribution in [3.63, 3.8) is 0 Å². The lowest BCUT2D eigenvalue weighted by atomic mass is 10.0. The van der Waals surface area contributed by atoms with E-state index in [9.17, 15) is 4.79 Å². The Morgan fingerprint density at radius 2 is 1.73 bits per heavy atom. The van der Waals surface area contributed by atoms with Crippen molar-refractivity contribution in [1.29, 1.82) is 0 Å². The van der Waals surface area contributed by atoms with E-state index < -0.39 is 0 Å². The van der Waals surface area contributed by atoms with Crippen LogP contribution >= 0.6 is 0 Å². The molecule has 5 rings (SSSR count). The maximum Gasteiger partial charge on any atom is 0.238 e. The summed E-state index contributed by atoms with van der Waals surface area (Å²) in [6.07, 6.45) is 2.18. The number of likely N-dealkylation sites (tertiary alicyclic amines) is 1. The third kappa shape index (κ3) is 6.47. The van der Waals surface area contributed by atoms with E-state index in [1.165, 1.54) is 11.1 Å². The maximum absolute atomic E-state index is 12.9. The van der Waals surface area contributed by atoms with Crippen LogP contribution in [0.1, 0.15) is 24.0 Å². The number of pyridine rings is 1. The molecule has 0 atom stereocenters. The average Bonchev–Trinajstić information content (AvgIpc) is 2.90. The Morgan fingerprint density at radius 3 is 2.46 bits per heavy atom. The van der Waals surface area contributed by atoms with Crippen LogP contribution in [0.25, 0.3) is 10.9 Å². The van der Waals surface area contributed by atoms with Gasteiger partial charge in [0.25, 0.3) is 0 Å². The Bertz CT molecular complexity index is 1200. The molecular weight excluding hydrogens is 460 g/mol. The van der Waals surface area contributed by atoms with E-state index in [0.29, 0.717) is 12.6 Å². The number of anilines is 2. The van der Waals surface area contributed by atoms with Crippen LogP contribution in [0, 0.1) is 6.92 Å². The summed E-state index contributed by atoms with van der Waals surface area (Å²) < 4.78 is 0. The summed E-state index contributed by atoms with van der Waals surface area (Å²) in [5.74, 6) is 1.08. The zero-order valence-corrected chi connectivity index (χ0v) is 22.5. The Balaban J connectivity index is 1.14. The van der Waals surface area contributed by atoms with Crippen molar-refractivity contribution in [2.45, 2.75) is 32.4 Å². The Hall–Kier alpha value is -3.00. The fourth-order valence-corrected chi connectivity index (χ4v) is 5.57. The predicted molar refractivity (Wildman–Crippen MR) is 152 cm³/mol. The van der Waals surface area contributed by atoms with E-state index in [4.69, 9.17) is 4.98 Å². The molecular formula is C30H40N6O. The second-order valence-corrected chi connectivity index (χ2v) is 10.8. The molecule has 0 saturated carbocycles. The van der Waals surface area contributed by atoms with Crippen molar-refractivity contribution in [3.05, 3.63) is 65.7 Å². The van der Waals surface area contributed by atoms with E-state index >= 15 is 0 Å². The standard InChI is InChI=1S/C30H40N6O/c1-23-19-29(36-17-15-33(2)16-18-36)32-28-10-9-25(20-27(23)28)31-30(37)22-34(3)26-11-13-35(14-12-26)21-24-7-5-4-6-8-24/h4-10,19-20,26H,11-18,21-22H2,1-3H3,(H,31,37). The van der Waals surface area contributed by atoms with Gasteiger partial charge in [0.2, 0.25) is 5.91 Å². The van der Waals surface area contributed by atoms with Gasteiger partial charge in [0.05, 0.1) is 12.1 Å². The molecule has 3 aromatic rings. The zero-order valence-electron chi connectivity index (χ0n) is 22.5. The average molecular weight is 501 g/mol. The lowest BCUT2D eigenvalue weighted by molar-refractivity contribution is -0.117. The quantitative estimate of drug-likeness (QED) is 0.532. The minimum atomic E-state index is 0.0354. The first-order valence-electron chi connectivity index (χ1n) is 13.6. The van der Waals surface area contributed by atoms with Gasteiger partial charge in [0.15, 0.2) is 0 Å². The molecule has 2 fully saturated rings. The number of fused-ring (bicyclic) bond motifs is 1.